The van der Waals surface area contributed by atoms with Crippen molar-refractivity contribution in [2.45, 2.75) is 64.1 Å². The van der Waals surface area contributed by atoms with Crippen LogP contribution in [0.3, 0.4) is 0 Å². The Balaban J connectivity index is 2.81. The molecular weight excluding hydrogens is 258 g/mol. The van der Waals surface area contributed by atoms with Gasteiger partial charge in [0.15, 0.2) is 0 Å². The van der Waals surface area contributed by atoms with Gasteiger partial charge >= 0.3 is 8.80 Å². The second-order valence-corrected chi connectivity index (χ2v) is 8.52. The molecule has 1 N–H and O–H groups in total. The summed E-state index contributed by atoms with van der Waals surface area (Å²) in [6.07, 6.45) is 7.41. The molecule has 0 amide bonds. The molecule has 114 valence electrons. The van der Waals surface area contributed by atoms with Crippen LogP contribution in [0.2, 0.25) is 6.04 Å². The smallest absolute Gasteiger partial charge is 0.377 e. The molecule has 0 bridgehead atoms. The van der Waals surface area contributed by atoms with Gasteiger partial charge in [-0.3, -0.25) is 5.32 Å². The molecule has 0 aromatic heterocycles. The molecule has 0 aliphatic heterocycles. The Morgan fingerprint density at radius 3 is 2.16 bits per heavy atom. The maximum Gasteiger partial charge on any atom is 0.501 e. The van der Waals surface area contributed by atoms with Crippen LogP contribution in [-0.2, 0) is 13.3 Å². The Morgan fingerprint density at radius 2 is 1.74 bits per heavy atom. The summed E-state index contributed by atoms with van der Waals surface area (Å²) in [5.74, 6) is 0.542. The molecule has 4 nitrogen and oxygen atoms in total. The van der Waals surface area contributed by atoms with Crippen molar-refractivity contribution in [3.8, 4) is 0 Å². The molecule has 0 heterocycles. The average Bonchev–Trinajstić information content (AvgIpc) is 2.47. The molecule has 5 heteroatoms. The number of hydrogen-bond donors (Lipinski definition) is 1. The van der Waals surface area contributed by atoms with Gasteiger partial charge < -0.3 is 13.3 Å². The molecule has 0 spiro atoms. The maximum atomic E-state index is 6.44. The van der Waals surface area contributed by atoms with Crippen molar-refractivity contribution in [3.05, 3.63) is 0 Å². The first-order valence-corrected chi connectivity index (χ1v) is 9.48. The average molecular weight is 289 g/mol. The van der Waals surface area contributed by atoms with Crippen molar-refractivity contribution in [1.29, 1.82) is 0 Å². The van der Waals surface area contributed by atoms with E-state index in [1.165, 1.54) is 32.1 Å². The van der Waals surface area contributed by atoms with Gasteiger partial charge in [-0.1, -0.05) is 32.6 Å². The van der Waals surface area contributed by atoms with E-state index in [2.05, 4.69) is 19.2 Å². The van der Waals surface area contributed by atoms with E-state index >= 15 is 0 Å². The summed E-state index contributed by atoms with van der Waals surface area (Å²) in [6, 6.07) is 0.865. The van der Waals surface area contributed by atoms with Crippen LogP contribution in [-0.4, -0.2) is 35.8 Å². The Labute approximate surface area is 119 Å². The van der Waals surface area contributed by atoms with E-state index in [1.54, 1.807) is 14.2 Å². The van der Waals surface area contributed by atoms with Crippen LogP contribution in [0.4, 0.5) is 0 Å². The zero-order valence-corrected chi connectivity index (χ0v) is 14.3. The molecule has 0 aromatic carbocycles. The lowest BCUT2D eigenvalue weighted by atomic mass is 9.82. The van der Waals surface area contributed by atoms with Crippen LogP contribution in [0, 0.1) is 5.92 Å². The quantitative estimate of drug-likeness (QED) is 0.550. The molecule has 1 fully saturated rings. The SMILES string of the molecule is CCC[Si](OC)(OC)OC(C)(NC)C1CCCCC1. The Hall–Kier alpha value is 0.0569. The van der Waals surface area contributed by atoms with E-state index in [0.717, 1.165) is 12.5 Å². The second-order valence-electron chi connectivity index (χ2n) is 5.64. The number of hydrogen-bond acceptors (Lipinski definition) is 4. The fourth-order valence-corrected chi connectivity index (χ4v) is 5.41. The zero-order valence-electron chi connectivity index (χ0n) is 13.3. The fraction of sp³-hybridized carbons (Fsp3) is 1.00. The summed E-state index contributed by atoms with van der Waals surface area (Å²) in [5.41, 5.74) is -0.339. The van der Waals surface area contributed by atoms with Gasteiger partial charge in [0.2, 0.25) is 0 Å². The monoisotopic (exact) mass is 289 g/mol. The van der Waals surface area contributed by atoms with E-state index in [-0.39, 0.29) is 5.72 Å². The molecule has 0 radical (unpaired) electrons. The van der Waals surface area contributed by atoms with Crippen LogP contribution in [0.5, 0.6) is 0 Å². The van der Waals surface area contributed by atoms with E-state index < -0.39 is 8.80 Å². The van der Waals surface area contributed by atoms with Gasteiger partial charge in [-0.05, 0) is 26.8 Å². The van der Waals surface area contributed by atoms with Crippen molar-refractivity contribution >= 4 is 8.80 Å². The molecule has 1 aliphatic rings. The first-order valence-electron chi connectivity index (χ1n) is 7.55. The zero-order chi connectivity index (χ0) is 14.4. The van der Waals surface area contributed by atoms with Gasteiger partial charge in [0.1, 0.15) is 5.72 Å². The van der Waals surface area contributed by atoms with Gasteiger partial charge in [0.25, 0.3) is 0 Å². The van der Waals surface area contributed by atoms with Crippen molar-refractivity contribution in [2.75, 3.05) is 21.3 Å². The normalized spacial score (nSPS) is 21.3. The third-order valence-corrected chi connectivity index (χ3v) is 7.52. The first-order chi connectivity index (χ1) is 9.05. The minimum absolute atomic E-state index is 0.339. The summed E-state index contributed by atoms with van der Waals surface area (Å²) in [5, 5.41) is 3.38. The summed E-state index contributed by atoms with van der Waals surface area (Å²) in [4.78, 5) is 0. The fourth-order valence-electron chi connectivity index (χ4n) is 3.04. The Bertz CT molecular complexity index is 255. The lowest BCUT2D eigenvalue weighted by Crippen LogP contribution is -2.59. The number of rotatable bonds is 8. The largest absolute Gasteiger partial charge is 0.501 e. The molecular formula is C14H31NO3Si. The third kappa shape index (κ3) is 4.26. The highest BCUT2D eigenvalue weighted by atomic mass is 28.4. The van der Waals surface area contributed by atoms with Crippen LogP contribution in [0.1, 0.15) is 52.4 Å². The Kier molecular flexibility index (Phi) is 6.97. The van der Waals surface area contributed by atoms with E-state index in [0.29, 0.717) is 5.92 Å². The maximum absolute atomic E-state index is 6.44. The molecule has 19 heavy (non-hydrogen) atoms. The lowest BCUT2D eigenvalue weighted by molar-refractivity contribution is -0.0716. The third-order valence-electron chi connectivity index (χ3n) is 4.43. The molecule has 1 saturated carbocycles. The van der Waals surface area contributed by atoms with Crippen LogP contribution >= 0.6 is 0 Å². The van der Waals surface area contributed by atoms with Gasteiger partial charge in [-0.2, -0.15) is 0 Å². The van der Waals surface area contributed by atoms with Crippen molar-refractivity contribution in [2.24, 2.45) is 5.92 Å². The molecule has 1 rings (SSSR count). The minimum atomic E-state index is -2.55. The van der Waals surface area contributed by atoms with Gasteiger partial charge in [0.05, 0.1) is 0 Å². The summed E-state index contributed by atoms with van der Waals surface area (Å²) in [7, 11) is 2.85. The first kappa shape index (κ1) is 17.1. The van der Waals surface area contributed by atoms with E-state index in [1.807, 2.05) is 7.05 Å². The van der Waals surface area contributed by atoms with Crippen molar-refractivity contribution in [3.63, 3.8) is 0 Å². The van der Waals surface area contributed by atoms with Crippen LogP contribution in [0.25, 0.3) is 0 Å². The van der Waals surface area contributed by atoms with Crippen molar-refractivity contribution in [1.82, 2.24) is 5.32 Å². The molecule has 1 atom stereocenters. The molecule has 0 aromatic rings. The Morgan fingerprint density at radius 1 is 1.16 bits per heavy atom. The lowest BCUT2D eigenvalue weighted by Gasteiger charge is -2.44. The van der Waals surface area contributed by atoms with Gasteiger partial charge in [0, 0.05) is 26.2 Å². The van der Waals surface area contributed by atoms with E-state index in [4.69, 9.17) is 13.3 Å². The van der Waals surface area contributed by atoms with Crippen molar-refractivity contribution < 1.29 is 13.3 Å². The topological polar surface area (TPSA) is 39.7 Å². The van der Waals surface area contributed by atoms with Crippen LogP contribution in [0.15, 0.2) is 0 Å². The summed E-state index contributed by atoms with van der Waals surface area (Å²) >= 11 is 0. The van der Waals surface area contributed by atoms with Gasteiger partial charge in [-0.25, -0.2) is 0 Å². The molecule has 0 saturated heterocycles. The highest BCUT2D eigenvalue weighted by molar-refractivity contribution is 6.60. The van der Waals surface area contributed by atoms with Crippen LogP contribution < -0.4 is 5.32 Å². The summed E-state index contributed by atoms with van der Waals surface area (Å²) < 4.78 is 17.8. The highest BCUT2D eigenvalue weighted by Gasteiger charge is 2.47. The van der Waals surface area contributed by atoms with Gasteiger partial charge in [-0.15, -0.1) is 0 Å². The predicted octanol–water partition coefficient (Wildman–Crippen LogP) is 3.16. The second kappa shape index (κ2) is 7.74. The standard InChI is InChI=1S/C14H31NO3Si/c1-6-12-19(16-4,17-5)18-14(2,15-3)13-10-8-7-9-11-13/h13,15H,6-12H2,1-5H3. The summed E-state index contributed by atoms with van der Waals surface area (Å²) in [6.45, 7) is 4.29. The highest BCUT2D eigenvalue weighted by Crippen LogP contribution is 2.36. The molecule has 1 unspecified atom stereocenters. The predicted molar refractivity (Wildman–Crippen MR) is 80.0 cm³/mol. The number of nitrogens with one attached hydrogen (secondary N) is 1. The minimum Gasteiger partial charge on any atom is -0.377 e. The van der Waals surface area contributed by atoms with E-state index in [9.17, 15) is 0 Å². The molecule has 1 aliphatic carbocycles.